The molecule has 2 aliphatic carbocycles. The highest BCUT2D eigenvalue weighted by molar-refractivity contribution is 5.75. The molecule has 3 N–H and O–H groups in total. The van der Waals surface area contributed by atoms with Crippen LogP contribution in [0, 0.1) is 5.92 Å². The highest BCUT2D eigenvalue weighted by atomic mass is 16.6. The van der Waals surface area contributed by atoms with E-state index in [1.165, 1.54) is 0 Å². The Morgan fingerprint density at radius 3 is 2.61 bits per heavy atom. The molecule has 2 unspecified atom stereocenters. The summed E-state index contributed by atoms with van der Waals surface area (Å²) in [5.41, 5.74) is 0.395. The fourth-order valence-corrected chi connectivity index (χ4v) is 7.15. The number of hydrogen-bond acceptors (Lipinski definition) is 7. The Balaban J connectivity index is 1.77. The van der Waals surface area contributed by atoms with Gasteiger partial charge in [-0.3, -0.25) is 4.79 Å². The molecule has 1 saturated heterocycles. The fraction of sp³-hybridized carbons (Fsp3) is 0.731. The lowest BCUT2D eigenvalue weighted by Gasteiger charge is -2.68. The Morgan fingerprint density at radius 1 is 1.27 bits per heavy atom. The highest BCUT2D eigenvalue weighted by Crippen LogP contribution is 2.64. The summed E-state index contributed by atoms with van der Waals surface area (Å²) in [6.07, 6.45) is 3.23. The Bertz CT molecular complexity index is 928. The van der Waals surface area contributed by atoms with Crippen LogP contribution in [0.2, 0.25) is 0 Å². The highest BCUT2D eigenvalue weighted by Gasteiger charge is 2.69. The van der Waals surface area contributed by atoms with Crippen molar-refractivity contribution in [3.63, 3.8) is 0 Å². The Hall–Kier alpha value is -1.83. The summed E-state index contributed by atoms with van der Waals surface area (Å²) >= 11 is 0. The number of ether oxygens (including phenoxy) is 2. The molecule has 1 aliphatic heterocycles. The number of phenolic OH excluding ortho intramolecular Hbond substituents is 2. The van der Waals surface area contributed by atoms with E-state index in [-0.39, 0.29) is 35.5 Å². The Kier molecular flexibility index (Phi) is 5.99. The van der Waals surface area contributed by atoms with E-state index in [9.17, 15) is 15.0 Å². The molecule has 184 valence electrons. The number of likely N-dealkylation sites (tertiary alicyclic amines) is 1. The first-order chi connectivity index (χ1) is 15.4. The van der Waals surface area contributed by atoms with Gasteiger partial charge in [0.25, 0.3) is 0 Å². The molecule has 1 aromatic carbocycles. The van der Waals surface area contributed by atoms with Gasteiger partial charge in [-0.15, -0.1) is 0 Å². The molecule has 0 spiro atoms. The average Bonchev–Trinajstić information content (AvgIpc) is 2.74. The summed E-state index contributed by atoms with van der Waals surface area (Å²) in [4.78, 5) is 15.1. The van der Waals surface area contributed by atoms with Crippen LogP contribution in [0.4, 0.5) is 0 Å². The lowest BCUT2D eigenvalue weighted by molar-refractivity contribution is -0.202. The SMILES string of the molecule is CO[C@@]12CCC(N[C@@H](C)C(=O)OC(C)(C)C)[C@H](C)[C@@]13CCN(C)C2Cc1ccc(O)c(O)c13. The number of likely N-dealkylation sites (N-methyl/N-ethyl adjacent to an activating group) is 1. The number of benzene rings is 1. The number of phenols is 2. The summed E-state index contributed by atoms with van der Waals surface area (Å²) < 4.78 is 12.0. The summed E-state index contributed by atoms with van der Waals surface area (Å²) in [6.45, 7) is 10.6. The second-order valence-corrected chi connectivity index (χ2v) is 11.3. The summed E-state index contributed by atoms with van der Waals surface area (Å²) in [5.74, 6) is -0.319. The molecular weight excluding hydrogens is 420 g/mol. The van der Waals surface area contributed by atoms with Crippen LogP contribution in [0.25, 0.3) is 0 Å². The second kappa shape index (κ2) is 8.14. The van der Waals surface area contributed by atoms with Crippen molar-refractivity contribution < 1.29 is 24.5 Å². The number of nitrogens with one attached hydrogen (secondary N) is 1. The summed E-state index contributed by atoms with van der Waals surface area (Å²) in [5, 5.41) is 25.2. The molecule has 4 rings (SSSR count). The molecule has 0 aromatic heterocycles. The van der Waals surface area contributed by atoms with Crippen molar-refractivity contribution >= 4 is 5.97 Å². The zero-order valence-corrected chi connectivity index (χ0v) is 21.1. The lowest BCUT2D eigenvalue weighted by atomic mass is 9.45. The molecule has 2 bridgehead atoms. The second-order valence-electron chi connectivity index (χ2n) is 11.3. The molecule has 33 heavy (non-hydrogen) atoms. The van der Waals surface area contributed by atoms with Gasteiger partial charge in [-0.25, -0.2) is 0 Å². The molecule has 7 heteroatoms. The number of methoxy groups -OCH3 is 1. The van der Waals surface area contributed by atoms with E-state index in [1.807, 2.05) is 33.8 Å². The van der Waals surface area contributed by atoms with Crippen LogP contribution < -0.4 is 5.32 Å². The average molecular weight is 461 g/mol. The molecular formula is C26H40N2O5. The van der Waals surface area contributed by atoms with Gasteiger partial charge < -0.3 is 29.9 Å². The topological polar surface area (TPSA) is 91.3 Å². The van der Waals surface area contributed by atoms with Gasteiger partial charge in [-0.2, -0.15) is 0 Å². The minimum absolute atomic E-state index is 0.0235. The van der Waals surface area contributed by atoms with Gasteiger partial charge in [0.1, 0.15) is 11.6 Å². The van der Waals surface area contributed by atoms with Gasteiger partial charge in [0.2, 0.25) is 0 Å². The predicted octanol–water partition coefficient (Wildman–Crippen LogP) is 3.10. The number of aromatic hydroxyl groups is 2. The van der Waals surface area contributed by atoms with Crippen LogP contribution in [-0.2, 0) is 26.1 Å². The van der Waals surface area contributed by atoms with Crippen molar-refractivity contribution in [2.75, 3.05) is 20.7 Å². The number of carbonyl (C=O) groups is 1. The first kappa shape index (κ1) is 24.3. The molecule has 3 aliphatic rings. The molecule has 1 saturated carbocycles. The number of fused-ring (bicyclic) bond motifs is 1. The van der Waals surface area contributed by atoms with Crippen molar-refractivity contribution in [2.24, 2.45) is 5.92 Å². The van der Waals surface area contributed by atoms with Gasteiger partial charge in [0, 0.05) is 30.2 Å². The normalized spacial score (nSPS) is 34.8. The van der Waals surface area contributed by atoms with Crippen LogP contribution in [0.1, 0.15) is 65.0 Å². The first-order valence-corrected chi connectivity index (χ1v) is 12.2. The Labute approximate surface area is 197 Å². The number of hydrogen-bond donors (Lipinski definition) is 3. The summed E-state index contributed by atoms with van der Waals surface area (Å²) in [7, 11) is 3.94. The van der Waals surface area contributed by atoms with Gasteiger partial charge in [0.15, 0.2) is 11.5 Å². The standard InChI is InChI=1S/C26H40N2O5/c1-15-18(27-16(2)23(31)33-24(3,4)5)10-11-26(32-7)20-14-17-8-9-19(29)22(30)21(17)25(15,26)12-13-28(20)6/h8-9,15-16,18,20,27,29-30H,10-14H2,1-7H3/t15-,16-,18?,20?,25+,26+/m0/s1. The minimum atomic E-state index is -0.540. The molecule has 1 heterocycles. The third-order valence-corrected chi connectivity index (χ3v) is 8.58. The largest absolute Gasteiger partial charge is 0.504 e. The van der Waals surface area contributed by atoms with Crippen LogP contribution in [0.15, 0.2) is 12.1 Å². The molecule has 6 atom stereocenters. The van der Waals surface area contributed by atoms with Crippen LogP contribution >= 0.6 is 0 Å². The third-order valence-electron chi connectivity index (χ3n) is 8.58. The van der Waals surface area contributed by atoms with Crippen molar-refractivity contribution in [1.29, 1.82) is 0 Å². The maximum absolute atomic E-state index is 12.7. The van der Waals surface area contributed by atoms with E-state index in [4.69, 9.17) is 9.47 Å². The van der Waals surface area contributed by atoms with Crippen molar-refractivity contribution in [3.05, 3.63) is 23.3 Å². The smallest absolute Gasteiger partial charge is 0.323 e. The predicted molar refractivity (Wildman–Crippen MR) is 127 cm³/mol. The van der Waals surface area contributed by atoms with Crippen molar-refractivity contribution in [1.82, 2.24) is 10.2 Å². The molecule has 0 amide bonds. The van der Waals surface area contributed by atoms with Crippen molar-refractivity contribution in [2.45, 2.75) is 95.0 Å². The van der Waals surface area contributed by atoms with Gasteiger partial charge in [0.05, 0.1) is 5.60 Å². The van der Waals surface area contributed by atoms with Gasteiger partial charge in [-0.1, -0.05) is 13.0 Å². The Morgan fingerprint density at radius 2 is 1.97 bits per heavy atom. The number of nitrogens with zero attached hydrogens (tertiary/aromatic N) is 1. The number of esters is 1. The maximum Gasteiger partial charge on any atom is 0.323 e. The first-order valence-electron chi connectivity index (χ1n) is 12.2. The minimum Gasteiger partial charge on any atom is -0.504 e. The van der Waals surface area contributed by atoms with Gasteiger partial charge >= 0.3 is 5.97 Å². The molecule has 2 fully saturated rings. The summed E-state index contributed by atoms with van der Waals surface area (Å²) in [6, 6.07) is 3.30. The van der Waals surface area contributed by atoms with E-state index in [0.29, 0.717) is 0 Å². The van der Waals surface area contributed by atoms with E-state index in [0.717, 1.165) is 43.4 Å². The zero-order chi connectivity index (χ0) is 24.3. The van der Waals surface area contributed by atoms with E-state index < -0.39 is 22.7 Å². The number of piperidine rings is 1. The number of rotatable bonds is 4. The zero-order valence-electron chi connectivity index (χ0n) is 21.1. The monoisotopic (exact) mass is 460 g/mol. The molecule has 7 nitrogen and oxygen atoms in total. The van der Waals surface area contributed by atoms with E-state index >= 15 is 0 Å². The van der Waals surface area contributed by atoms with Crippen LogP contribution in [0.5, 0.6) is 11.5 Å². The van der Waals surface area contributed by atoms with Gasteiger partial charge in [-0.05, 0) is 84.5 Å². The molecule has 1 aromatic rings. The van der Waals surface area contributed by atoms with Crippen LogP contribution in [-0.4, -0.2) is 71.1 Å². The quantitative estimate of drug-likeness (QED) is 0.470. The lowest BCUT2D eigenvalue weighted by Crippen LogP contribution is -2.77. The number of carbonyl (C=O) groups excluding carboxylic acids is 1. The van der Waals surface area contributed by atoms with Crippen molar-refractivity contribution in [3.8, 4) is 11.5 Å². The van der Waals surface area contributed by atoms with Crippen LogP contribution in [0.3, 0.4) is 0 Å². The molecule has 0 radical (unpaired) electrons. The van der Waals surface area contributed by atoms with E-state index in [1.54, 1.807) is 13.2 Å². The van der Waals surface area contributed by atoms with E-state index in [2.05, 4.69) is 24.2 Å². The maximum atomic E-state index is 12.7. The fourth-order valence-electron chi connectivity index (χ4n) is 7.15. The third kappa shape index (κ3) is 3.55.